The van der Waals surface area contributed by atoms with Gasteiger partial charge in [-0.2, -0.15) is 0 Å². The fourth-order valence-corrected chi connectivity index (χ4v) is 6.92. The van der Waals surface area contributed by atoms with Gasteiger partial charge in [0, 0.05) is 47.5 Å². The van der Waals surface area contributed by atoms with Gasteiger partial charge in [0.25, 0.3) is 0 Å². The Morgan fingerprint density at radius 2 is 1.62 bits per heavy atom. The van der Waals surface area contributed by atoms with Crippen molar-refractivity contribution in [3.8, 4) is 22.5 Å². The van der Waals surface area contributed by atoms with E-state index in [0.717, 1.165) is 51.2 Å². The fourth-order valence-electron chi connectivity index (χ4n) is 6.92. The Hall–Kier alpha value is -4.63. The average Bonchev–Trinajstić information content (AvgIpc) is 3.56. The minimum atomic E-state index is -2.35. The summed E-state index contributed by atoms with van der Waals surface area (Å²) in [4.78, 5) is 8.78. The molecule has 0 amide bonds. The number of benzene rings is 5. The Bertz CT molecular complexity index is 2710. The van der Waals surface area contributed by atoms with Gasteiger partial charge in [-0.3, -0.25) is 0 Å². The monoisotopic (exact) mass is 836 g/mol. The Labute approximate surface area is 318 Å². The Morgan fingerprint density at radius 3 is 2.40 bits per heavy atom. The van der Waals surface area contributed by atoms with Crippen molar-refractivity contribution in [2.24, 2.45) is 5.41 Å². The number of fused-ring (bicyclic) bond motifs is 6. The maximum Gasteiger partial charge on any atom is 0.121 e. The fraction of sp³-hybridized carbons (Fsp3) is 0.217. The molecule has 0 saturated heterocycles. The van der Waals surface area contributed by atoms with Gasteiger partial charge >= 0.3 is 0 Å². The zero-order valence-corrected chi connectivity index (χ0v) is 30.3. The van der Waals surface area contributed by atoms with E-state index in [2.05, 4.69) is 78.4 Å². The van der Waals surface area contributed by atoms with E-state index in [1.165, 1.54) is 23.0 Å². The van der Waals surface area contributed by atoms with Gasteiger partial charge in [-0.1, -0.05) is 86.2 Å². The first-order chi connectivity index (χ1) is 26.6. The van der Waals surface area contributed by atoms with Gasteiger partial charge in [-0.25, -0.2) is 0 Å². The molecular formula is C46H40IrN2O-2. The summed E-state index contributed by atoms with van der Waals surface area (Å²) in [6.45, 7) is 0.0242. The maximum absolute atomic E-state index is 9.41. The summed E-state index contributed by atoms with van der Waals surface area (Å²) in [7, 11) is 0. The third-order valence-electron chi connectivity index (χ3n) is 9.80. The smallest absolute Gasteiger partial charge is 0.121 e. The van der Waals surface area contributed by atoms with Crippen molar-refractivity contribution in [1.82, 2.24) is 9.97 Å². The van der Waals surface area contributed by atoms with Gasteiger partial charge in [0.15, 0.2) is 0 Å². The summed E-state index contributed by atoms with van der Waals surface area (Å²) < 4.78 is 62.2. The zero-order valence-electron chi connectivity index (χ0n) is 34.9. The molecule has 3 nitrogen and oxygen atoms in total. The molecule has 0 aliphatic heterocycles. The molecule has 0 unspecified atom stereocenters. The third kappa shape index (κ3) is 6.63. The van der Waals surface area contributed by atoms with Gasteiger partial charge in [0.2, 0.25) is 0 Å². The summed E-state index contributed by atoms with van der Waals surface area (Å²) in [5.74, 6) is -0.975. The SMILES string of the molecule is [2H]C([2H])([2H])c1c[c-]c(-c2ccccn2)cc1.[2H]C([2H])([2H])c1cnc(-c2[c-]ccc3c2oc2cc4c(ccc5ccccc54)cc23)cc1C1([2H])CCC(C)(C)CC1.[Ir]. The molecule has 1 saturated carbocycles. The van der Waals surface area contributed by atoms with E-state index < -0.39 is 19.6 Å². The minimum absolute atomic E-state index is 0. The standard InChI is InChI=1S/C34H30NO.C12H10N.Ir/c1-21-20-35-31(18-28(21)23-13-15-34(2,3)16-14-23)27-10-6-9-26-30-17-24-12-11-22-7-4-5-8-25(22)29(24)19-32(30)36-33(26)27;1-10-5-7-11(8-6-10)12-4-2-3-9-13-12;/h4-9,11-12,17-20,23H,13-16H2,1-3H3;2-7,9H,1H3;/q2*-1;/i1D3,23D;1D3;. The number of pyridine rings is 2. The molecule has 0 bridgehead atoms. The van der Waals surface area contributed by atoms with Gasteiger partial charge in [0.05, 0.1) is 5.58 Å². The average molecular weight is 836 g/mol. The topological polar surface area (TPSA) is 38.9 Å². The van der Waals surface area contributed by atoms with E-state index in [1.54, 1.807) is 18.3 Å². The molecule has 1 fully saturated rings. The van der Waals surface area contributed by atoms with Crippen LogP contribution in [0.15, 0.2) is 120 Å². The molecule has 0 N–H and O–H groups in total. The van der Waals surface area contributed by atoms with Gasteiger partial charge in [0.1, 0.15) is 5.58 Å². The first-order valence-electron chi connectivity index (χ1n) is 20.2. The molecule has 3 heterocycles. The summed E-state index contributed by atoms with van der Waals surface area (Å²) in [5, 5.41) is 6.61. The number of aromatic nitrogens is 2. The van der Waals surface area contributed by atoms with Crippen molar-refractivity contribution in [3.05, 3.63) is 144 Å². The second kappa shape index (κ2) is 13.9. The first-order valence-corrected chi connectivity index (χ1v) is 16.7. The molecule has 1 aliphatic rings. The number of rotatable bonds is 3. The van der Waals surface area contributed by atoms with Gasteiger partial charge < -0.3 is 14.4 Å². The molecule has 0 atom stereocenters. The van der Waals surface area contributed by atoms with Crippen LogP contribution in [0.2, 0.25) is 0 Å². The Morgan fingerprint density at radius 1 is 0.780 bits per heavy atom. The predicted molar refractivity (Wildman–Crippen MR) is 204 cm³/mol. The zero-order chi connectivity index (χ0) is 39.5. The van der Waals surface area contributed by atoms with Crippen molar-refractivity contribution in [3.63, 3.8) is 0 Å². The van der Waals surface area contributed by atoms with Crippen LogP contribution in [0, 0.1) is 31.3 Å². The molecular weight excluding hydrogens is 789 g/mol. The quantitative estimate of drug-likeness (QED) is 0.131. The van der Waals surface area contributed by atoms with Crippen molar-refractivity contribution in [1.29, 1.82) is 0 Å². The molecule has 1 aliphatic carbocycles. The van der Waals surface area contributed by atoms with Crippen LogP contribution in [0.25, 0.3) is 66.0 Å². The van der Waals surface area contributed by atoms with E-state index in [4.69, 9.17) is 12.6 Å². The molecule has 3 aromatic heterocycles. The summed E-state index contributed by atoms with van der Waals surface area (Å²) in [6.07, 6.45) is 6.13. The summed E-state index contributed by atoms with van der Waals surface area (Å²) in [5.41, 5.74) is 5.47. The van der Waals surface area contributed by atoms with Crippen LogP contribution in [0.4, 0.5) is 0 Å². The molecule has 9 rings (SSSR count). The van der Waals surface area contributed by atoms with Crippen LogP contribution in [0.3, 0.4) is 0 Å². The van der Waals surface area contributed by atoms with Crippen LogP contribution in [0.5, 0.6) is 0 Å². The largest absolute Gasteiger partial charge is 0.501 e. The summed E-state index contributed by atoms with van der Waals surface area (Å²) in [6, 6.07) is 39.2. The van der Waals surface area contributed by atoms with E-state index in [9.17, 15) is 1.37 Å². The van der Waals surface area contributed by atoms with Crippen LogP contribution >= 0.6 is 0 Å². The number of aryl methyl sites for hydroxylation is 2. The van der Waals surface area contributed by atoms with Crippen molar-refractivity contribution in [2.45, 2.75) is 59.1 Å². The molecule has 50 heavy (non-hydrogen) atoms. The second-order valence-electron chi connectivity index (χ2n) is 13.6. The third-order valence-corrected chi connectivity index (χ3v) is 9.80. The van der Waals surface area contributed by atoms with E-state index in [-0.39, 0.29) is 31.1 Å². The number of furan rings is 1. The van der Waals surface area contributed by atoms with Crippen LogP contribution in [0.1, 0.15) is 71.7 Å². The number of hydrogen-bond donors (Lipinski definition) is 0. The number of nitrogens with zero attached hydrogens (tertiary/aromatic N) is 2. The summed E-state index contributed by atoms with van der Waals surface area (Å²) >= 11 is 0. The van der Waals surface area contributed by atoms with E-state index in [1.807, 2.05) is 42.5 Å². The second-order valence-corrected chi connectivity index (χ2v) is 13.6. The molecule has 4 heteroatoms. The molecule has 1 radical (unpaired) electrons. The molecule has 251 valence electrons. The van der Waals surface area contributed by atoms with Crippen LogP contribution in [-0.4, -0.2) is 9.97 Å². The molecule has 0 spiro atoms. The first kappa shape index (κ1) is 26.2. The van der Waals surface area contributed by atoms with Crippen molar-refractivity contribution in [2.75, 3.05) is 0 Å². The Kier molecular flexibility index (Phi) is 7.31. The molecule has 8 aromatic rings. The van der Waals surface area contributed by atoms with E-state index in [0.29, 0.717) is 40.8 Å². The van der Waals surface area contributed by atoms with Gasteiger partial charge in [-0.15, -0.1) is 53.6 Å². The molecule has 5 aromatic carbocycles. The van der Waals surface area contributed by atoms with E-state index >= 15 is 0 Å². The van der Waals surface area contributed by atoms with Crippen LogP contribution < -0.4 is 0 Å². The Balaban J connectivity index is 0.000000246. The number of hydrogen-bond acceptors (Lipinski definition) is 3. The minimum Gasteiger partial charge on any atom is -0.501 e. The van der Waals surface area contributed by atoms with Crippen molar-refractivity contribution < 1.29 is 34.1 Å². The van der Waals surface area contributed by atoms with Crippen molar-refractivity contribution >= 4 is 43.5 Å². The predicted octanol–water partition coefficient (Wildman–Crippen LogP) is 12.6. The maximum atomic E-state index is 9.41. The normalized spacial score (nSPS) is 17.6. The van der Waals surface area contributed by atoms with Gasteiger partial charge in [-0.05, 0) is 106 Å². The van der Waals surface area contributed by atoms with Crippen LogP contribution in [-0.2, 0) is 20.1 Å².